The van der Waals surface area contributed by atoms with E-state index in [9.17, 15) is 4.79 Å². The number of nitrogens with one attached hydrogen (secondary N) is 2. The van der Waals surface area contributed by atoms with Gasteiger partial charge in [0.15, 0.2) is 11.5 Å². The van der Waals surface area contributed by atoms with Crippen LogP contribution in [-0.2, 0) is 16.8 Å². The Bertz CT molecular complexity index is 1610. The molecule has 0 spiro atoms. The lowest BCUT2D eigenvalue weighted by Crippen LogP contribution is -2.31. The van der Waals surface area contributed by atoms with Crippen molar-refractivity contribution >= 4 is 17.5 Å². The molecule has 4 aromatic rings. The third-order valence-electron chi connectivity index (χ3n) is 7.39. The van der Waals surface area contributed by atoms with Gasteiger partial charge in [0, 0.05) is 11.4 Å². The highest BCUT2D eigenvalue weighted by atomic mass is 16.5. The third-order valence-corrected chi connectivity index (χ3v) is 7.39. The summed E-state index contributed by atoms with van der Waals surface area (Å²) in [6.45, 7) is 12.9. The Morgan fingerprint density at radius 2 is 1.76 bits per heavy atom. The molecule has 0 aliphatic carbocycles. The molecule has 0 radical (unpaired) electrons. The van der Waals surface area contributed by atoms with E-state index in [2.05, 4.69) is 65.8 Å². The van der Waals surface area contributed by atoms with Crippen molar-refractivity contribution in [3.05, 3.63) is 106 Å². The maximum absolute atomic E-state index is 13.8. The number of amides is 1. The minimum atomic E-state index is -0.521. The van der Waals surface area contributed by atoms with Crippen LogP contribution in [0.15, 0.2) is 78.3 Å². The molecular formula is C33H37N5O3. The highest BCUT2D eigenvalue weighted by Crippen LogP contribution is 2.39. The number of anilines is 2. The Hall–Kier alpha value is -4.59. The number of hydrogen-bond donors (Lipinski definition) is 2. The van der Waals surface area contributed by atoms with Crippen LogP contribution in [-0.4, -0.2) is 27.8 Å². The summed E-state index contributed by atoms with van der Waals surface area (Å²) in [6.07, 6.45) is 1.48. The zero-order valence-corrected chi connectivity index (χ0v) is 24.7. The first-order valence-electron chi connectivity index (χ1n) is 13.7. The molecule has 1 atom stereocenters. The molecule has 41 heavy (non-hydrogen) atoms. The van der Waals surface area contributed by atoms with E-state index < -0.39 is 6.04 Å². The number of aromatic nitrogens is 3. The van der Waals surface area contributed by atoms with Crippen LogP contribution < -0.4 is 20.1 Å². The number of nitrogens with zero attached hydrogens (tertiary/aromatic N) is 3. The quantitative estimate of drug-likeness (QED) is 0.265. The van der Waals surface area contributed by atoms with Gasteiger partial charge in [-0.1, -0.05) is 68.8 Å². The van der Waals surface area contributed by atoms with E-state index >= 15 is 0 Å². The van der Waals surface area contributed by atoms with Gasteiger partial charge in [0.2, 0.25) is 5.95 Å². The molecule has 1 amide bonds. The van der Waals surface area contributed by atoms with E-state index in [1.807, 2.05) is 57.2 Å². The second-order valence-electron chi connectivity index (χ2n) is 11.5. The summed E-state index contributed by atoms with van der Waals surface area (Å²) >= 11 is 0. The Balaban J connectivity index is 1.43. The van der Waals surface area contributed by atoms with E-state index in [1.54, 1.807) is 11.8 Å². The fourth-order valence-corrected chi connectivity index (χ4v) is 5.07. The summed E-state index contributed by atoms with van der Waals surface area (Å²) in [7, 11) is 1.61. The molecule has 1 aliphatic rings. The summed E-state index contributed by atoms with van der Waals surface area (Å²) in [5.74, 6) is 1.53. The molecule has 212 valence electrons. The van der Waals surface area contributed by atoms with Crippen molar-refractivity contribution in [1.82, 2.24) is 14.8 Å². The fraction of sp³-hybridized carbons (Fsp3) is 0.303. The summed E-state index contributed by atoms with van der Waals surface area (Å²) in [4.78, 5) is 18.1. The van der Waals surface area contributed by atoms with Gasteiger partial charge in [0.1, 0.15) is 19.0 Å². The average Bonchev–Trinajstić information content (AvgIpc) is 3.40. The lowest BCUT2D eigenvalue weighted by molar-refractivity contribution is -0.113. The van der Waals surface area contributed by atoms with Crippen molar-refractivity contribution in [3.8, 4) is 11.5 Å². The van der Waals surface area contributed by atoms with E-state index in [0.717, 1.165) is 27.9 Å². The van der Waals surface area contributed by atoms with Crippen LogP contribution in [0.4, 0.5) is 11.6 Å². The standard InChI is InChI=1S/C33H37N5O3/c1-20-8-14-26(21(2)16-20)37-31(39)29-22(3)36-32-34-19-35-38(32)30(29)24-11-15-27(28(17-24)40-7)41-18-23-9-12-25(13-10-23)33(4,5)6/h8-17,19,30H,18H2,1-7H3,(H,37,39)(H,34,35,36). The number of rotatable bonds is 7. The summed E-state index contributed by atoms with van der Waals surface area (Å²) in [6, 6.07) is 19.6. The summed E-state index contributed by atoms with van der Waals surface area (Å²) in [5, 5.41) is 10.8. The van der Waals surface area contributed by atoms with Gasteiger partial charge < -0.3 is 20.1 Å². The SMILES string of the molecule is COc1cc(C2C(C(=O)Nc3ccc(C)cc3C)=C(C)Nc3ncnn32)ccc1OCc1ccc(C(C)(C)C)cc1. The molecule has 1 aliphatic heterocycles. The number of allylic oxidation sites excluding steroid dienone is 1. The fourth-order valence-electron chi connectivity index (χ4n) is 5.07. The monoisotopic (exact) mass is 551 g/mol. The number of benzene rings is 3. The van der Waals surface area contributed by atoms with Crippen molar-refractivity contribution in [3.63, 3.8) is 0 Å². The molecule has 3 aromatic carbocycles. The first kappa shape index (κ1) is 28.0. The number of fused-ring (bicyclic) bond motifs is 1. The zero-order valence-electron chi connectivity index (χ0n) is 24.7. The molecular weight excluding hydrogens is 514 g/mol. The number of aryl methyl sites for hydroxylation is 2. The Kier molecular flexibility index (Phi) is 7.58. The van der Waals surface area contributed by atoms with Crippen molar-refractivity contribution in [1.29, 1.82) is 0 Å². The van der Waals surface area contributed by atoms with Crippen molar-refractivity contribution in [2.24, 2.45) is 0 Å². The highest BCUT2D eigenvalue weighted by molar-refractivity contribution is 6.06. The van der Waals surface area contributed by atoms with Crippen LogP contribution in [0, 0.1) is 13.8 Å². The highest BCUT2D eigenvalue weighted by Gasteiger charge is 2.34. The Labute approximate surface area is 241 Å². The molecule has 8 heteroatoms. The molecule has 0 saturated heterocycles. The second-order valence-corrected chi connectivity index (χ2v) is 11.5. The molecule has 1 unspecified atom stereocenters. The van der Waals surface area contributed by atoms with Crippen molar-refractivity contribution < 1.29 is 14.3 Å². The van der Waals surface area contributed by atoms with Crippen LogP contribution in [0.2, 0.25) is 0 Å². The maximum atomic E-state index is 13.8. The lowest BCUT2D eigenvalue weighted by atomic mass is 9.87. The van der Waals surface area contributed by atoms with Crippen LogP contribution in [0.3, 0.4) is 0 Å². The van der Waals surface area contributed by atoms with Crippen LogP contribution in [0.25, 0.3) is 0 Å². The van der Waals surface area contributed by atoms with Gasteiger partial charge in [-0.2, -0.15) is 10.1 Å². The van der Waals surface area contributed by atoms with Gasteiger partial charge in [-0.25, -0.2) is 4.68 Å². The van der Waals surface area contributed by atoms with E-state index in [0.29, 0.717) is 35.3 Å². The zero-order chi connectivity index (χ0) is 29.3. The molecule has 2 heterocycles. The normalized spacial score (nSPS) is 14.8. The van der Waals surface area contributed by atoms with E-state index in [1.165, 1.54) is 11.9 Å². The molecule has 8 nitrogen and oxygen atoms in total. The van der Waals surface area contributed by atoms with Gasteiger partial charge in [-0.05, 0) is 66.6 Å². The largest absolute Gasteiger partial charge is 0.493 e. The van der Waals surface area contributed by atoms with Gasteiger partial charge in [0.05, 0.1) is 12.7 Å². The number of methoxy groups -OCH3 is 1. The van der Waals surface area contributed by atoms with Crippen molar-refractivity contribution in [2.45, 2.75) is 59.6 Å². The molecule has 2 N–H and O–H groups in total. The first-order valence-corrected chi connectivity index (χ1v) is 13.7. The first-order chi connectivity index (χ1) is 19.5. The lowest BCUT2D eigenvalue weighted by Gasteiger charge is -2.29. The molecule has 0 fully saturated rings. The molecule has 5 rings (SSSR count). The molecule has 1 aromatic heterocycles. The smallest absolute Gasteiger partial charge is 0.255 e. The minimum absolute atomic E-state index is 0.0958. The number of carbonyl (C=O) groups is 1. The average molecular weight is 552 g/mol. The second kappa shape index (κ2) is 11.1. The van der Waals surface area contributed by atoms with Crippen molar-refractivity contribution in [2.75, 3.05) is 17.7 Å². The summed E-state index contributed by atoms with van der Waals surface area (Å²) < 4.78 is 13.6. The van der Waals surface area contributed by atoms with Crippen LogP contribution >= 0.6 is 0 Å². The Morgan fingerprint density at radius 1 is 1.00 bits per heavy atom. The predicted molar refractivity (Wildman–Crippen MR) is 161 cm³/mol. The molecule has 0 bridgehead atoms. The predicted octanol–water partition coefficient (Wildman–Crippen LogP) is 6.71. The summed E-state index contributed by atoms with van der Waals surface area (Å²) in [5.41, 5.74) is 7.40. The van der Waals surface area contributed by atoms with Gasteiger partial charge in [0.25, 0.3) is 5.91 Å². The minimum Gasteiger partial charge on any atom is -0.493 e. The maximum Gasteiger partial charge on any atom is 0.255 e. The Morgan fingerprint density at radius 3 is 2.44 bits per heavy atom. The molecule has 0 saturated carbocycles. The van der Waals surface area contributed by atoms with Gasteiger partial charge in [-0.3, -0.25) is 4.79 Å². The van der Waals surface area contributed by atoms with Gasteiger partial charge >= 0.3 is 0 Å². The van der Waals surface area contributed by atoms with Crippen LogP contribution in [0.1, 0.15) is 61.6 Å². The van der Waals surface area contributed by atoms with E-state index in [4.69, 9.17) is 9.47 Å². The topological polar surface area (TPSA) is 90.3 Å². The third kappa shape index (κ3) is 5.82. The number of carbonyl (C=O) groups excluding carboxylic acids is 1. The number of hydrogen-bond acceptors (Lipinski definition) is 6. The van der Waals surface area contributed by atoms with Gasteiger partial charge in [-0.15, -0.1) is 0 Å². The van der Waals surface area contributed by atoms with Crippen LogP contribution in [0.5, 0.6) is 11.5 Å². The van der Waals surface area contributed by atoms with E-state index in [-0.39, 0.29) is 11.3 Å². The number of ether oxygens (including phenoxy) is 2.